The summed E-state index contributed by atoms with van der Waals surface area (Å²) in [4.78, 5) is 18.3. The Morgan fingerprint density at radius 2 is 2.23 bits per heavy atom. The molecule has 31 heavy (non-hydrogen) atoms. The second kappa shape index (κ2) is 9.16. The van der Waals surface area contributed by atoms with Gasteiger partial charge in [-0.05, 0) is 31.4 Å². The largest absolute Gasteiger partial charge is 0.493 e. The molecule has 2 aliphatic heterocycles. The third-order valence-electron chi connectivity index (χ3n) is 7.11. The summed E-state index contributed by atoms with van der Waals surface area (Å²) >= 11 is 3.77. The number of ether oxygens (including phenoxy) is 3. The molecular weight excluding hydrogens is 464 g/mol. The Kier molecular flexibility index (Phi) is 6.70. The molecule has 0 aromatic heterocycles. The normalized spacial score (nSPS) is 29.0. The Morgan fingerprint density at radius 3 is 2.94 bits per heavy atom. The van der Waals surface area contributed by atoms with Gasteiger partial charge in [-0.3, -0.25) is 4.84 Å². The van der Waals surface area contributed by atoms with Crippen LogP contribution in [0.25, 0.3) is 0 Å². The van der Waals surface area contributed by atoms with Crippen molar-refractivity contribution in [1.82, 2.24) is 10.4 Å². The van der Waals surface area contributed by atoms with E-state index in [-0.39, 0.29) is 29.6 Å². The van der Waals surface area contributed by atoms with Gasteiger partial charge in [0.05, 0.1) is 20.3 Å². The molecule has 7 nitrogen and oxygen atoms in total. The first-order chi connectivity index (χ1) is 15.0. The second-order valence-electron chi connectivity index (χ2n) is 8.67. The monoisotopic (exact) mass is 496 g/mol. The van der Waals surface area contributed by atoms with Gasteiger partial charge in [0.15, 0.2) is 11.5 Å². The van der Waals surface area contributed by atoms with Crippen molar-refractivity contribution in [3.05, 3.63) is 21.7 Å². The quantitative estimate of drug-likeness (QED) is 0.558. The molecule has 1 aliphatic carbocycles. The third-order valence-corrected chi connectivity index (χ3v) is 7.82. The highest BCUT2D eigenvalue weighted by atomic mass is 79.9. The standard InChI is InChI=1S/C23H33BrN2O5/c1-5-7-9-25-22(27)30-17-12-19-23(14(17)3)8-10-26(29-6-2)13-15-16(24)11-18(28-4)21(31-19)20(15)23/h11,14,17,19H,5-10,12-13H2,1-4H3,(H,25,27)/t14?,17-,19+,23-/m1/s1. The summed E-state index contributed by atoms with van der Waals surface area (Å²) < 4.78 is 19.1. The number of benzene rings is 1. The van der Waals surface area contributed by atoms with Gasteiger partial charge in [0.1, 0.15) is 12.2 Å². The molecule has 2 heterocycles. The molecule has 1 fully saturated rings. The van der Waals surface area contributed by atoms with Gasteiger partial charge in [-0.1, -0.05) is 36.2 Å². The van der Waals surface area contributed by atoms with Crippen LogP contribution in [-0.4, -0.2) is 50.2 Å². The number of carbonyl (C=O) groups is 1. The minimum absolute atomic E-state index is 0.0607. The lowest BCUT2D eigenvalue weighted by Crippen LogP contribution is -2.41. The fraction of sp³-hybridized carbons (Fsp3) is 0.696. The van der Waals surface area contributed by atoms with Crippen LogP contribution in [0.3, 0.4) is 0 Å². The van der Waals surface area contributed by atoms with E-state index in [2.05, 4.69) is 35.1 Å². The van der Waals surface area contributed by atoms with E-state index >= 15 is 0 Å². The maximum atomic E-state index is 12.4. The summed E-state index contributed by atoms with van der Waals surface area (Å²) in [6.07, 6.45) is 2.93. The summed E-state index contributed by atoms with van der Waals surface area (Å²) in [5.41, 5.74) is 2.11. The van der Waals surface area contributed by atoms with Gasteiger partial charge in [-0.25, -0.2) is 4.79 Å². The van der Waals surface area contributed by atoms with Gasteiger partial charge in [0, 0.05) is 40.9 Å². The zero-order valence-electron chi connectivity index (χ0n) is 18.8. The minimum Gasteiger partial charge on any atom is -0.493 e. The number of unbranched alkanes of at least 4 members (excludes halogenated alkanes) is 1. The number of hydroxylamine groups is 2. The predicted octanol–water partition coefficient (Wildman–Crippen LogP) is 4.55. The molecule has 4 atom stereocenters. The molecule has 1 unspecified atom stereocenters. The van der Waals surface area contributed by atoms with Gasteiger partial charge in [-0.15, -0.1) is 0 Å². The number of halogens is 1. The molecule has 3 aliphatic rings. The van der Waals surface area contributed by atoms with Gasteiger partial charge in [-0.2, -0.15) is 5.06 Å². The Morgan fingerprint density at radius 1 is 1.42 bits per heavy atom. The molecule has 0 bridgehead atoms. The first-order valence-electron chi connectivity index (χ1n) is 11.3. The topological polar surface area (TPSA) is 69.3 Å². The number of nitrogens with zero attached hydrogens (tertiary/aromatic N) is 1. The number of rotatable bonds is 7. The van der Waals surface area contributed by atoms with E-state index in [9.17, 15) is 4.79 Å². The number of hydrogen-bond acceptors (Lipinski definition) is 6. The van der Waals surface area contributed by atoms with Gasteiger partial charge >= 0.3 is 6.09 Å². The number of carbonyl (C=O) groups excluding carboxylic acids is 1. The molecule has 1 saturated carbocycles. The number of nitrogens with one attached hydrogen (secondary N) is 1. The molecule has 1 aromatic carbocycles. The number of alkyl carbamates (subject to hydrolysis) is 1. The van der Waals surface area contributed by atoms with Crippen LogP contribution in [0.4, 0.5) is 4.79 Å². The van der Waals surface area contributed by atoms with Crippen molar-refractivity contribution in [2.45, 2.75) is 70.6 Å². The molecule has 0 saturated heterocycles. The van der Waals surface area contributed by atoms with Crippen LogP contribution in [0.15, 0.2) is 10.5 Å². The van der Waals surface area contributed by atoms with Crippen molar-refractivity contribution in [2.75, 3.05) is 26.8 Å². The molecule has 1 amide bonds. The van der Waals surface area contributed by atoms with Crippen molar-refractivity contribution in [3.63, 3.8) is 0 Å². The smallest absolute Gasteiger partial charge is 0.407 e. The van der Waals surface area contributed by atoms with E-state index in [1.54, 1.807) is 7.11 Å². The van der Waals surface area contributed by atoms with Gasteiger partial charge in [0.25, 0.3) is 0 Å². The summed E-state index contributed by atoms with van der Waals surface area (Å²) in [5, 5.41) is 4.91. The first kappa shape index (κ1) is 22.7. The number of methoxy groups -OCH3 is 1. The van der Waals surface area contributed by atoms with Crippen LogP contribution >= 0.6 is 15.9 Å². The molecule has 8 heteroatoms. The van der Waals surface area contributed by atoms with Crippen LogP contribution in [0, 0.1) is 5.92 Å². The average Bonchev–Trinajstić information content (AvgIpc) is 3.11. The lowest BCUT2D eigenvalue weighted by molar-refractivity contribution is -0.163. The molecule has 1 spiro atoms. The summed E-state index contributed by atoms with van der Waals surface area (Å²) in [6.45, 7) is 9.03. The molecule has 172 valence electrons. The van der Waals surface area contributed by atoms with Crippen molar-refractivity contribution in [2.24, 2.45) is 5.92 Å². The van der Waals surface area contributed by atoms with Crippen LogP contribution in [0.2, 0.25) is 0 Å². The zero-order valence-corrected chi connectivity index (χ0v) is 20.4. The summed E-state index contributed by atoms with van der Waals surface area (Å²) in [7, 11) is 1.67. The number of hydrogen-bond donors (Lipinski definition) is 1. The van der Waals surface area contributed by atoms with Crippen LogP contribution in [0.5, 0.6) is 11.5 Å². The predicted molar refractivity (Wildman–Crippen MR) is 120 cm³/mol. The molecule has 4 rings (SSSR count). The molecule has 0 radical (unpaired) electrons. The van der Waals surface area contributed by atoms with Crippen LogP contribution in [0.1, 0.15) is 57.6 Å². The maximum Gasteiger partial charge on any atom is 0.407 e. The SMILES string of the molecule is CCCCNC(=O)O[C@@H]1C[C@@H]2Oc3c(OC)cc(Br)c4c3[C@]2(CCN(OCC)C4)C1C. The second-order valence-corrected chi connectivity index (χ2v) is 9.52. The first-order valence-corrected chi connectivity index (χ1v) is 12.1. The van der Waals surface area contributed by atoms with E-state index in [0.29, 0.717) is 26.1 Å². The highest BCUT2D eigenvalue weighted by molar-refractivity contribution is 9.10. The lowest BCUT2D eigenvalue weighted by Gasteiger charge is -2.34. The Bertz CT molecular complexity index is 835. The maximum absolute atomic E-state index is 12.4. The highest BCUT2D eigenvalue weighted by Crippen LogP contribution is 2.62. The van der Waals surface area contributed by atoms with Crippen LogP contribution < -0.4 is 14.8 Å². The highest BCUT2D eigenvalue weighted by Gasteiger charge is 2.63. The summed E-state index contributed by atoms with van der Waals surface area (Å²) in [6, 6.07) is 1.98. The van der Waals surface area contributed by atoms with E-state index in [1.165, 1.54) is 11.1 Å². The number of amides is 1. The Balaban J connectivity index is 1.68. The van der Waals surface area contributed by atoms with E-state index in [1.807, 2.05) is 18.1 Å². The average molecular weight is 497 g/mol. The van der Waals surface area contributed by atoms with Crippen molar-refractivity contribution in [1.29, 1.82) is 0 Å². The molecule has 1 aromatic rings. The van der Waals surface area contributed by atoms with E-state index in [4.69, 9.17) is 19.0 Å². The lowest BCUT2D eigenvalue weighted by atomic mass is 9.69. The van der Waals surface area contributed by atoms with Gasteiger partial charge < -0.3 is 19.5 Å². The van der Waals surface area contributed by atoms with Gasteiger partial charge in [0.2, 0.25) is 0 Å². The Labute approximate surface area is 192 Å². The fourth-order valence-corrected chi connectivity index (χ4v) is 6.10. The third kappa shape index (κ3) is 3.80. The van der Waals surface area contributed by atoms with E-state index in [0.717, 1.165) is 41.8 Å². The van der Waals surface area contributed by atoms with Crippen molar-refractivity contribution in [3.8, 4) is 11.5 Å². The zero-order chi connectivity index (χ0) is 22.2. The van der Waals surface area contributed by atoms with Crippen LogP contribution in [-0.2, 0) is 21.5 Å². The molecule has 1 N–H and O–H groups in total. The van der Waals surface area contributed by atoms with E-state index < -0.39 is 0 Å². The van der Waals surface area contributed by atoms with Crippen molar-refractivity contribution < 1.29 is 23.8 Å². The molecular formula is C23H33BrN2O5. The minimum atomic E-state index is -0.335. The fourth-order valence-electron chi connectivity index (χ4n) is 5.57. The Hall–Kier alpha value is -1.51. The summed E-state index contributed by atoms with van der Waals surface area (Å²) in [5.74, 6) is 1.68. The van der Waals surface area contributed by atoms with Crippen molar-refractivity contribution >= 4 is 22.0 Å².